The first-order valence-corrected chi connectivity index (χ1v) is 15.7. The van der Waals surface area contributed by atoms with Crippen molar-refractivity contribution < 1.29 is 14.3 Å². The Morgan fingerprint density at radius 1 is 0.978 bits per heavy atom. The second-order valence-corrected chi connectivity index (χ2v) is 11.9. The third-order valence-electron chi connectivity index (χ3n) is 8.84. The SMILES string of the molecule is NCC1CCC(C(=O)N(C(=O)[C@@H](N)Cc2cccc(-c3cnc(N4CCOCC4)nc3)c2)c2ccc(-c3n[nH]c(=O)[nH]3)cc2)CC1. The Balaban J connectivity index is 1.20. The summed E-state index contributed by atoms with van der Waals surface area (Å²) in [6, 6.07) is 13.6. The Kier molecular flexibility index (Phi) is 9.62. The predicted octanol–water partition coefficient (Wildman–Crippen LogP) is 2.25. The number of morpholine rings is 1. The number of H-pyrrole nitrogens is 2. The highest BCUT2D eigenvalue weighted by molar-refractivity contribution is 6.17. The van der Waals surface area contributed by atoms with Gasteiger partial charge >= 0.3 is 5.69 Å². The van der Waals surface area contributed by atoms with Crippen molar-refractivity contribution in [3.63, 3.8) is 0 Å². The number of ether oxygens (including phenoxy) is 1. The summed E-state index contributed by atoms with van der Waals surface area (Å²) in [4.78, 5) is 54.6. The molecule has 240 valence electrons. The number of nitrogens with one attached hydrogen (secondary N) is 2. The average molecular weight is 626 g/mol. The van der Waals surface area contributed by atoms with Gasteiger partial charge in [0.15, 0.2) is 5.82 Å². The lowest BCUT2D eigenvalue weighted by Crippen LogP contribution is -2.50. The number of hydrogen-bond acceptors (Lipinski definition) is 10. The molecule has 0 bridgehead atoms. The van der Waals surface area contributed by atoms with Crippen LogP contribution in [-0.2, 0) is 20.7 Å². The molecule has 3 heterocycles. The normalized spacial score (nSPS) is 19.0. The number of carbonyl (C=O) groups is 2. The van der Waals surface area contributed by atoms with Crippen molar-refractivity contribution in [1.82, 2.24) is 25.1 Å². The number of hydrogen-bond donors (Lipinski definition) is 4. The van der Waals surface area contributed by atoms with E-state index in [4.69, 9.17) is 16.2 Å². The van der Waals surface area contributed by atoms with Gasteiger partial charge in [0.05, 0.1) is 24.9 Å². The fraction of sp³-hybridized carbons (Fsp3) is 0.394. The zero-order valence-electron chi connectivity index (χ0n) is 25.6. The number of nitrogens with zero attached hydrogens (tertiary/aromatic N) is 5. The van der Waals surface area contributed by atoms with Crippen LogP contribution in [-0.4, -0.2) is 75.9 Å². The lowest BCUT2D eigenvalue weighted by molar-refractivity contribution is -0.130. The Labute approximate surface area is 266 Å². The van der Waals surface area contributed by atoms with Crippen LogP contribution in [0.15, 0.2) is 65.7 Å². The van der Waals surface area contributed by atoms with Crippen LogP contribution in [0, 0.1) is 11.8 Å². The minimum Gasteiger partial charge on any atom is -0.378 e. The molecule has 2 amide bonds. The van der Waals surface area contributed by atoms with E-state index in [-0.39, 0.29) is 18.2 Å². The molecule has 0 radical (unpaired) electrons. The van der Waals surface area contributed by atoms with Gasteiger partial charge in [-0.1, -0.05) is 24.3 Å². The number of amides is 2. The van der Waals surface area contributed by atoms with Gasteiger partial charge in [-0.15, -0.1) is 0 Å². The molecule has 0 spiro atoms. The first-order chi connectivity index (χ1) is 22.4. The molecule has 4 aromatic rings. The molecule has 1 saturated heterocycles. The van der Waals surface area contributed by atoms with E-state index in [2.05, 4.69) is 30.0 Å². The highest BCUT2D eigenvalue weighted by atomic mass is 16.5. The van der Waals surface area contributed by atoms with E-state index in [1.807, 2.05) is 24.3 Å². The van der Waals surface area contributed by atoms with Gasteiger partial charge in [0.1, 0.15) is 0 Å². The topological polar surface area (TPSA) is 189 Å². The summed E-state index contributed by atoms with van der Waals surface area (Å²) >= 11 is 0. The summed E-state index contributed by atoms with van der Waals surface area (Å²) in [5, 5.41) is 6.31. The molecular formula is C33H39N9O4. The molecule has 0 unspecified atom stereocenters. The van der Waals surface area contributed by atoms with Crippen molar-refractivity contribution in [2.45, 2.75) is 38.1 Å². The van der Waals surface area contributed by atoms with E-state index in [9.17, 15) is 14.4 Å². The van der Waals surface area contributed by atoms with Gasteiger partial charge in [0, 0.05) is 42.5 Å². The molecule has 1 aliphatic carbocycles. The number of aromatic nitrogens is 5. The molecule has 46 heavy (non-hydrogen) atoms. The Morgan fingerprint density at radius 3 is 2.35 bits per heavy atom. The van der Waals surface area contributed by atoms with Crippen LogP contribution in [0.4, 0.5) is 11.6 Å². The monoisotopic (exact) mass is 625 g/mol. The Bertz CT molecular complexity index is 1690. The number of benzene rings is 2. The number of aromatic amines is 2. The van der Waals surface area contributed by atoms with Crippen molar-refractivity contribution in [3.05, 3.63) is 77.0 Å². The maximum absolute atomic E-state index is 14.0. The summed E-state index contributed by atoms with van der Waals surface area (Å²) in [5.74, 6) is 0.379. The molecule has 13 heteroatoms. The molecule has 1 atom stereocenters. The quantitative estimate of drug-likeness (QED) is 0.215. The predicted molar refractivity (Wildman–Crippen MR) is 174 cm³/mol. The van der Waals surface area contributed by atoms with Gasteiger partial charge in [0.2, 0.25) is 11.9 Å². The van der Waals surface area contributed by atoms with Crippen LogP contribution in [0.25, 0.3) is 22.5 Å². The van der Waals surface area contributed by atoms with Crippen LogP contribution >= 0.6 is 0 Å². The summed E-state index contributed by atoms with van der Waals surface area (Å²) in [5.41, 5.74) is 15.7. The van der Waals surface area contributed by atoms with Crippen LogP contribution in [0.1, 0.15) is 31.2 Å². The van der Waals surface area contributed by atoms with Crippen molar-refractivity contribution in [1.29, 1.82) is 0 Å². The molecule has 6 rings (SSSR count). The highest BCUT2D eigenvalue weighted by Gasteiger charge is 2.35. The minimum atomic E-state index is -0.970. The summed E-state index contributed by atoms with van der Waals surface area (Å²) in [6.07, 6.45) is 6.85. The van der Waals surface area contributed by atoms with Gasteiger partial charge in [-0.25, -0.2) is 24.8 Å². The zero-order valence-corrected chi connectivity index (χ0v) is 25.6. The van der Waals surface area contributed by atoms with Gasteiger partial charge in [-0.05, 0) is 80.0 Å². The molecule has 2 fully saturated rings. The number of nitrogens with two attached hydrogens (primary N) is 2. The lowest BCUT2D eigenvalue weighted by Gasteiger charge is -2.32. The summed E-state index contributed by atoms with van der Waals surface area (Å²) < 4.78 is 5.42. The van der Waals surface area contributed by atoms with Gasteiger partial charge < -0.3 is 21.1 Å². The molecule has 1 saturated carbocycles. The first kappa shape index (κ1) is 31.3. The minimum absolute atomic E-state index is 0.232. The fourth-order valence-corrected chi connectivity index (χ4v) is 6.15. The highest BCUT2D eigenvalue weighted by Crippen LogP contribution is 2.32. The van der Waals surface area contributed by atoms with Crippen LogP contribution in [0.2, 0.25) is 0 Å². The van der Waals surface area contributed by atoms with Gasteiger partial charge in [0.25, 0.3) is 5.91 Å². The second kappa shape index (κ2) is 14.1. The average Bonchev–Trinajstić information content (AvgIpc) is 3.55. The first-order valence-electron chi connectivity index (χ1n) is 15.7. The number of imide groups is 1. The Hall–Kier alpha value is -4.72. The Morgan fingerprint density at radius 2 is 1.70 bits per heavy atom. The van der Waals surface area contributed by atoms with Crippen molar-refractivity contribution >= 4 is 23.5 Å². The molecule has 13 nitrogen and oxygen atoms in total. The van der Waals surface area contributed by atoms with Crippen LogP contribution in [0.5, 0.6) is 0 Å². The fourth-order valence-electron chi connectivity index (χ4n) is 6.15. The molecular weight excluding hydrogens is 586 g/mol. The molecule has 1 aliphatic heterocycles. The van der Waals surface area contributed by atoms with E-state index < -0.39 is 17.6 Å². The summed E-state index contributed by atoms with van der Waals surface area (Å²) in [6.45, 7) is 3.41. The van der Waals surface area contributed by atoms with Crippen molar-refractivity contribution in [2.75, 3.05) is 42.6 Å². The largest absolute Gasteiger partial charge is 0.378 e. The standard InChI is InChI=1S/C33H39N9O4/c34-18-21-4-6-24(7-5-21)30(43)42(27-10-8-23(9-11-27)29-38-33(45)40-39-29)31(44)28(35)17-22-2-1-3-25(16-22)26-19-36-32(37-20-26)41-12-14-46-15-13-41/h1-3,8-11,16,19-21,24,28H,4-7,12-15,17-18,34-35H2,(H2,38,39,40,45)/t21?,24?,28-/m0/s1. The smallest absolute Gasteiger partial charge is 0.340 e. The lowest BCUT2D eigenvalue weighted by atomic mass is 9.81. The van der Waals surface area contributed by atoms with Crippen LogP contribution in [0.3, 0.4) is 0 Å². The number of carbonyl (C=O) groups excluding carboxylic acids is 2. The van der Waals surface area contributed by atoms with Gasteiger partial charge in [-0.3, -0.25) is 14.6 Å². The van der Waals surface area contributed by atoms with E-state index in [1.165, 1.54) is 4.90 Å². The van der Waals surface area contributed by atoms with E-state index in [0.717, 1.165) is 42.6 Å². The summed E-state index contributed by atoms with van der Waals surface area (Å²) in [7, 11) is 0. The third kappa shape index (κ3) is 7.06. The number of anilines is 2. The second-order valence-electron chi connectivity index (χ2n) is 11.9. The molecule has 2 aromatic carbocycles. The third-order valence-corrected chi connectivity index (χ3v) is 8.84. The molecule has 2 aliphatic rings. The van der Waals surface area contributed by atoms with Crippen molar-refractivity contribution in [2.24, 2.45) is 23.3 Å². The maximum Gasteiger partial charge on any atom is 0.340 e. The van der Waals surface area contributed by atoms with E-state index >= 15 is 0 Å². The van der Waals surface area contributed by atoms with E-state index in [1.54, 1.807) is 36.7 Å². The molecule has 6 N–H and O–H groups in total. The molecule has 2 aromatic heterocycles. The number of rotatable bonds is 9. The van der Waals surface area contributed by atoms with E-state index in [0.29, 0.717) is 61.5 Å². The van der Waals surface area contributed by atoms with Crippen molar-refractivity contribution in [3.8, 4) is 22.5 Å². The maximum atomic E-state index is 14.0. The van der Waals surface area contributed by atoms with Crippen LogP contribution < -0.4 is 27.0 Å². The van der Waals surface area contributed by atoms with Gasteiger partial charge in [-0.2, -0.15) is 5.10 Å². The zero-order chi connectivity index (χ0) is 32.0.